The molecule has 1 saturated carbocycles. The maximum absolute atomic E-state index is 3.69. The molecule has 1 N–H and O–H groups in total. The molecule has 0 aromatic heterocycles. The van der Waals surface area contributed by atoms with Gasteiger partial charge in [-0.25, -0.2) is 0 Å². The summed E-state index contributed by atoms with van der Waals surface area (Å²) in [6, 6.07) is 0.809. The van der Waals surface area contributed by atoms with Crippen molar-refractivity contribution >= 4 is 11.8 Å². The summed E-state index contributed by atoms with van der Waals surface area (Å²) in [6.07, 6.45) is 7.28. The van der Waals surface area contributed by atoms with Crippen LogP contribution in [0.1, 0.15) is 39.0 Å². The van der Waals surface area contributed by atoms with Crippen molar-refractivity contribution in [2.24, 2.45) is 5.92 Å². The number of hydrogen-bond acceptors (Lipinski definition) is 2. The number of thioether (sulfide) groups is 1. The lowest BCUT2D eigenvalue weighted by Crippen LogP contribution is -2.34. The van der Waals surface area contributed by atoms with Crippen molar-refractivity contribution in [3.63, 3.8) is 0 Å². The highest BCUT2D eigenvalue weighted by molar-refractivity contribution is 8.00. The lowest BCUT2D eigenvalue weighted by Gasteiger charge is -2.16. The SMILES string of the molecule is CC1SCCC1NCCCC1CC1. The van der Waals surface area contributed by atoms with E-state index in [9.17, 15) is 0 Å². The average molecular weight is 199 g/mol. The van der Waals surface area contributed by atoms with Crippen LogP contribution in [0, 0.1) is 5.92 Å². The summed E-state index contributed by atoms with van der Waals surface area (Å²) in [6.45, 7) is 3.61. The summed E-state index contributed by atoms with van der Waals surface area (Å²) in [5, 5.41) is 4.54. The van der Waals surface area contributed by atoms with Crippen LogP contribution in [0.4, 0.5) is 0 Å². The number of nitrogens with one attached hydrogen (secondary N) is 1. The van der Waals surface area contributed by atoms with Gasteiger partial charge in [-0.3, -0.25) is 0 Å². The van der Waals surface area contributed by atoms with E-state index in [-0.39, 0.29) is 0 Å². The van der Waals surface area contributed by atoms with Crippen molar-refractivity contribution in [2.45, 2.75) is 50.3 Å². The number of hydrogen-bond donors (Lipinski definition) is 1. The molecule has 2 aliphatic rings. The molecule has 0 spiro atoms. The van der Waals surface area contributed by atoms with Gasteiger partial charge >= 0.3 is 0 Å². The van der Waals surface area contributed by atoms with Crippen molar-refractivity contribution in [1.82, 2.24) is 5.32 Å². The van der Waals surface area contributed by atoms with E-state index in [1.165, 1.54) is 44.4 Å². The summed E-state index contributed by atoms with van der Waals surface area (Å²) >= 11 is 2.12. The highest BCUT2D eigenvalue weighted by Crippen LogP contribution is 2.33. The van der Waals surface area contributed by atoms with Gasteiger partial charge in [0.1, 0.15) is 0 Å². The molecule has 1 aliphatic heterocycles. The molecule has 0 aromatic carbocycles. The first-order chi connectivity index (χ1) is 6.36. The summed E-state index contributed by atoms with van der Waals surface area (Å²) < 4.78 is 0. The molecule has 1 nitrogen and oxygen atoms in total. The molecule has 0 amide bonds. The van der Waals surface area contributed by atoms with E-state index < -0.39 is 0 Å². The van der Waals surface area contributed by atoms with Crippen LogP contribution in [0.5, 0.6) is 0 Å². The molecule has 1 aliphatic carbocycles. The summed E-state index contributed by atoms with van der Waals surface area (Å²) in [5.41, 5.74) is 0. The van der Waals surface area contributed by atoms with E-state index >= 15 is 0 Å². The third-order valence-electron chi connectivity index (χ3n) is 3.27. The van der Waals surface area contributed by atoms with Crippen molar-refractivity contribution in [3.05, 3.63) is 0 Å². The molecule has 2 unspecified atom stereocenters. The Kier molecular flexibility index (Phi) is 3.56. The molecule has 2 atom stereocenters. The highest BCUT2D eigenvalue weighted by Gasteiger charge is 2.23. The largest absolute Gasteiger partial charge is 0.313 e. The van der Waals surface area contributed by atoms with Gasteiger partial charge in [-0.2, -0.15) is 11.8 Å². The Balaban J connectivity index is 1.51. The zero-order valence-corrected chi connectivity index (χ0v) is 9.41. The van der Waals surface area contributed by atoms with Gasteiger partial charge < -0.3 is 5.32 Å². The molecule has 1 heterocycles. The van der Waals surface area contributed by atoms with Gasteiger partial charge in [-0.15, -0.1) is 0 Å². The Bertz CT molecular complexity index is 156. The van der Waals surface area contributed by atoms with Crippen LogP contribution in [0.3, 0.4) is 0 Å². The van der Waals surface area contributed by atoms with Gasteiger partial charge in [-0.1, -0.05) is 19.8 Å². The van der Waals surface area contributed by atoms with Gasteiger partial charge in [-0.05, 0) is 37.5 Å². The highest BCUT2D eigenvalue weighted by atomic mass is 32.2. The molecule has 13 heavy (non-hydrogen) atoms. The van der Waals surface area contributed by atoms with Gasteiger partial charge in [0.15, 0.2) is 0 Å². The van der Waals surface area contributed by atoms with Gasteiger partial charge in [0.2, 0.25) is 0 Å². The fraction of sp³-hybridized carbons (Fsp3) is 1.00. The average Bonchev–Trinajstić information content (AvgIpc) is 2.86. The lowest BCUT2D eigenvalue weighted by atomic mass is 10.1. The van der Waals surface area contributed by atoms with E-state index in [0.717, 1.165) is 17.2 Å². The van der Waals surface area contributed by atoms with Gasteiger partial charge in [0.05, 0.1) is 0 Å². The Hall–Kier alpha value is 0.310. The van der Waals surface area contributed by atoms with Crippen molar-refractivity contribution in [2.75, 3.05) is 12.3 Å². The van der Waals surface area contributed by atoms with E-state index in [1.807, 2.05) is 0 Å². The molecular weight excluding hydrogens is 178 g/mol. The third kappa shape index (κ3) is 3.17. The Morgan fingerprint density at radius 3 is 2.77 bits per heavy atom. The number of rotatable bonds is 5. The quantitative estimate of drug-likeness (QED) is 0.683. The fourth-order valence-electron chi connectivity index (χ4n) is 2.08. The minimum absolute atomic E-state index is 0.809. The maximum atomic E-state index is 3.69. The second-order valence-electron chi connectivity index (χ2n) is 4.51. The van der Waals surface area contributed by atoms with Crippen LogP contribution in [-0.4, -0.2) is 23.6 Å². The predicted molar refractivity (Wildman–Crippen MR) is 60.3 cm³/mol. The Morgan fingerprint density at radius 1 is 1.31 bits per heavy atom. The topological polar surface area (TPSA) is 12.0 Å². The van der Waals surface area contributed by atoms with E-state index in [0.29, 0.717) is 0 Å². The molecule has 0 aromatic rings. The van der Waals surface area contributed by atoms with Gasteiger partial charge in [0.25, 0.3) is 0 Å². The second kappa shape index (κ2) is 4.70. The van der Waals surface area contributed by atoms with Crippen LogP contribution in [0.2, 0.25) is 0 Å². The summed E-state index contributed by atoms with van der Waals surface area (Å²) in [4.78, 5) is 0. The minimum atomic E-state index is 0.809. The zero-order valence-electron chi connectivity index (χ0n) is 8.59. The van der Waals surface area contributed by atoms with Crippen LogP contribution >= 0.6 is 11.8 Å². The molecule has 2 fully saturated rings. The monoisotopic (exact) mass is 199 g/mol. The predicted octanol–water partition coefficient (Wildman–Crippen LogP) is 2.66. The lowest BCUT2D eigenvalue weighted by molar-refractivity contribution is 0.491. The Labute approximate surface area is 86.0 Å². The van der Waals surface area contributed by atoms with Gasteiger partial charge in [0, 0.05) is 11.3 Å². The first-order valence-electron chi connectivity index (χ1n) is 5.71. The first kappa shape index (κ1) is 9.85. The Morgan fingerprint density at radius 2 is 2.15 bits per heavy atom. The molecule has 1 saturated heterocycles. The minimum Gasteiger partial charge on any atom is -0.313 e. The molecule has 0 radical (unpaired) electrons. The second-order valence-corrected chi connectivity index (χ2v) is 6.00. The van der Waals surface area contributed by atoms with Crippen LogP contribution in [0.15, 0.2) is 0 Å². The smallest absolute Gasteiger partial charge is 0.0191 e. The molecule has 76 valence electrons. The van der Waals surface area contributed by atoms with Crippen molar-refractivity contribution in [1.29, 1.82) is 0 Å². The maximum Gasteiger partial charge on any atom is 0.0191 e. The standard InChI is InChI=1S/C11H21NS/c1-9-11(6-8-13-9)12-7-2-3-10-4-5-10/h9-12H,2-8H2,1H3. The fourth-order valence-corrected chi connectivity index (χ4v) is 3.31. The van der Waals surface area contributed by atoms with Crippen LogP contribution in [0.25, 0.3) is 0 Å². The van der Waals surface area contributed by atoms with Crippen LogP contribution < -0.4 is 5.32 Å². The van der Waals surface area contributed by atoms with E-state index in [1.54, 1.807) is 0 Å². The first-order valence-corrected chi connectivity index (χ1v) is 6.76. The van der Waals surface area contributed by atoms with Crippen molar-refractivity contribution in [3.8, 4) is 0 Å². The van der Waals surface area contributed by atoms with Crippen LogP contribution in [-0.2, 0) is 0 Å². The normalized spacial score (nSPS) is 33.9. The zero-order chi connectivity index (χ0) is 9.10. The van der Waals surface area contributed by atoms with E-state index in [2.05, 4.69) is 24.0 Å². The van der Waals surface area contributed by atoms with Crippen molar-refractivity contribution < 1.29 is 0 Å². The molecule has 0 bridgehead atoms. The molecular formula is C11H21NS. The summed E-state index contributed by atoms with van der Waals surface area (Å²) in [7, 11) is 0. The van der Waals surface area contributed by atoms with E-state index in [4.69, 9.17) is 0 Å². The summed E-state index contributed by atoms with van der Waals surface area (Å²) in [5.74, 6) is 2.47. The third-order valence-corrected chi connectivity index (χ3v) is 4.59. The molecule has 2 rings (SSSR count). The molecule has 2 heteroatoms.